The van der Waals surface area contributed by atoms with E-state index in [2.05, 4.69) is 5.32 Å². The summed E-state index contributed by atoms with van der Waals surface area (Å²) in [6.45, 7) is 3.09. The van der Waals surface area contributed by atoms with Crippen molar-refractivity contribution in [1.82, 2.24) is 10.2 Å². The summed E-state index contributed by atoms with van der Waals surface area (Å²) >= 11 is 0. The minimum atomic E-state index is -0.231. The van der Waals surface area contributed by atoms with Crippen molar-refractivity contribution in [3.8, 4) is 11.5 Å². The number of nitrogens with one attached hydrogen (secondary N) is 1. The number of hydrogen-bond donors (Lipinski definition) is 1. The Morgan fingerprint density at radius 1 is 1.07 bits per heavy atom. The second-order valence-electron chi connectivity index (χ2n) is 6.18. The maximum atomic E-state index is 13.9. The van der Waals surface area contributed by atoms with Gasteiger partial charge in [-0.25, -0.2) is 9.18 Å². The van der Waals surface area contributed by atoms with Crippen molar-refractivity contribution in [1.29, 1.82) is 0 Å². The van der Waals surface area contributed by atoms with Crippen LogP contribution in [0.1, 0.15) is 0 Å². The van der Waals surface area contributed by atoms with Crippen LogP contribution in [-0.4, -0.2) is 57.4 Å². The molecule has 1 aliphatic heterocycles. The van der Waals surface area contributed by atoms with Crippen LogP contribution in [0.15, 0.2) is 48.5 Å². The number of rotatable bonds is 6. The molecule has 7 heteroatoms. The van der Waals surface area contributed by atoms with Gasteiger partial charge in [0.1, 0.15) is 23.9 Å². The molecule has 0 spiro atoms. The van der Waals surface area contributed by atoms with Gasteiger partial charge < -0.3 is 24.6 Å². The molecule has 0 saturated carbocycles. The van der Waals surface area contributed by atoms with Crippen LogP contribution in [-0.2, 0) is 0 Å². The Morgan fingerprint density at radius 3 is 2.56 bits per heavy atom. The van der Waals surface area contributed by atoms with Crippen LogP contribution in [0.3, 0.4) is 0 Å². The number of ether oxygens (including phenoxy) is 2. The number of urea groups is 1. The summed E-state index contributed by atoms with van der Waals surface area (Å²) in [6.07, 6.45) is 0. The van der Waals surface area contributed by atoms with Crippen LogP contribution < -0.4 is 19.7 Å². The van der Waals surface area contributed by atoms with E-state index >= 15 is 0 Å². The third-order valence-corrected chi connectivity index (χ3v) is 4.45. The van der Waals surface area contributed by atoms with Gasteiger partial charge in [0.25, 0.3) is 0 Å². The SMILES string of the molecule is COc1cccc(OCCNC(=O)N2CCN(c3ccccc3F)CC2)c1. The zero-order valence-electron chi connectivity index (χ0n) is 15.4. The predicted octanol–water partition coefficient (Wildman–Crippen LogP) is 2.74. The number of amides is 2. The van der Waals surface area contributed by atoms with Crippen molar-refractivity contribution in [2.45, 2.75) is 0 Å². The summed E-state index contributed by atoms with van der Waals surface area (Å²) in [7, 11) is 1.60. The smallest absolute Gasteiger partial charge is 0.317 e. The van der Waals surface area contributed by atoms with Gasteiger partial charge in [0, 0.05) is 32.2 Å². The Balaban J connectivity index is 1.39. The van der Waals surface area contributed by atoms with Crippen molar-refractivity contribution < 1.29 is 18.7 Å². The largest absolute Gasteiger partial charge is 0.497 e. The minimum absolute atomic E-state index is 0.127. The molecule has 3 rings (SSSR count). The van der Waals surface area contributed by atoms with E-state index in [0.29, 0.717) is 50.8 Å². The van der Waals surface area contributed by atoms with Gasteiger partial charge >= 0.3 is 6.03 Å². The highest BCUT2D eigenvalue weighted by molar-refractivity contribution is 5.74. The molecular formula is C20H24FN3O3. The van der Waals surface area contributed by atoms with Gasteiger partial charge in [0.15, 0.2) is 0 Å². The molecule has 27 heavy (non-hydrogen) atoms. The Kier molecular flexibility index (Phi) is 6.35. The fourth-order valence-corrected chi connectivity index (χ4v) is 2.99. The second kappa shape index (κ2) is 9.12. The first kappa shape index (κ1) is 18.8. The number of nitrogens with zero attached hydrogens (tertiary/aromatic N) is 2. The predicted molar refractivity (Wildman–Crippen MR) is 102 cm³/mol. The van der Waals surface area contributed by atoms with E-state index in [1.165, 1.54) is 6.07 Å². The molecule has 6 nitrogen and oxygen atoms in total. The van der Waals surface area contributed by atoms with Crippen LogP contribution in [0.2, 0.25) is 0 Å². The number of anilines is 1. The number of carbonyl (C=O) groups excluding carboxylic acids is 1. The van der Waals surface area contributed by atoms with Gasteiger partial charge in [-0.1, -0.05) is 18.2 Å². The normalized spacial score (nSPS) is 14.0. The molecule has 144 valence electrons. The zero-order chi connectivity index (χ0) is 19.1. The van der Waals surface area contributed by atoms with Gasteiger partial charge in [-0.2, -0.15) is 0 Å². The van der Waals surface area contributed by atoms with E-state index in [4.69, 9.17) is 9.47 Å². The maximum absolute atomic E-state index is 13.9. The molecule has 1 N–H and O–H groups in total. The lowest BCUT2D eigenvalue weighted by Gasteiger charge is -2.36. The summed E-state index contributed by atoms with van der Waals surface area (Å²) in [5.41, 5.74) is 0.587. The highest BCUT2D eigenvalue weighted by Crippen LogP contribution is 2.20. The highest BCUT2D eigenvalue weighted by Gasteiger charge is 2.22. The number of piperazine rings is 1. The minimum Gasteiger partial charge on any atom is -0.497 e. The van der Waals surface area contributed by atoms with Crippen molar-refractivity contribution in [3.63, 3.8) is 0 Å². The fourth-order valence-electron chi connectivity index (χ4n) is 2.99. The number of benzene rings is 2. The molecular weight excluding hydrogens is 349 g/mol. The van der Waals surface area contributed by atoms with Crippen molar-refractivity contribution >= 4 is 11.7 Å². The Hall–Kier alpha value is -2.96. The van der Waals surface area contributed by atoms with E-state index in [1.807, 2.05) is 29.2 Å². The fraction of sp³-hybridized carbons (Fsp3) is 0.350. The molecule has 0 aliphatic carbocycles. The Morgan fingerprint density at radius 2 is 1.81 bits per heavy atom. The highest BCUT2D eigenvalue weighted by atomic mass is 19.1. The monoisotopic (exact) mass is 373 g/mol. The molecule has 2 aromatic carbocycles. The molecule has 0 unspecified atom stereocenters. The molecule has 2 amide bonds. The molecule has 0 atom stereocenters. The zero-order valence-corrected chi connectivity index (χ0v) is 15.4. The van der Waals surface area contributed by atoms with Crippen molar-refractivity contribution in [3.05, 3.63) is 54.3 Å². The van der Waals surface area contributed by atoms with Crippen LogP contribution in [0.5, 0.6) is 11.5 Å². The lowest BCUT2D eigenvalue weighted by molar-refractivity contribution is 0.191. The Labute approximate surface area is 158 Å². The van der Waals surface area contributed by atoms with Crippen LogP contribution in [0.4, 0.5) is 14.9 Å². The summed E-state index contributed by atoms with van der Waals surface area (Å²) in [4.78, 5) is 16.0. The van der Waals surface area contributed by atoms with E-state index in [-0.39, 0.29) is 11.8 Å². The molecule has 1 aliphatic rings. The summed E-state index contributed by atoms with van der Waals surface area (Å²) in [5, 5.41) is 2.86. The van der Waals surface area contributed by atoms with E-state index in [0.717, 1.165) is 5.75 Å². The van der Waals surface area contributed by atoms with Gasteiger partial charge in [-0.15, -0.1) is 0 Å². The maximum Gasteiger partial charge on any atom is 0.317 e. The first-order chi connectivity index (χ1) is 13.2. The van der Waals surface area contributed by atoms with Crippen LogP contribution in [0.25, 0.3) is 0 Å². The van der Waals surface area contributed by atoms with Gasteiger partial charge in [0.05, 0.1) is 19.3 Å². The van der Waals surface area contributed by atoms with Gasteiger partial charge in [-0.3, -0.25) is 0 Å². The van der Waals surface area contributed by atoms with E-state index in [9.17, 15) is 9.18 Å². The molecule has 0 bridgehead atoms. The molecule has 1 fully saturated rings. The van der Waals surface area contributed by atoms with E-state index in [1.54, 1.807) is 30.2 Å². The van der Waals surface area contributed by atoms with Gasteiger partial charge in [-0.05, 0) is 24.3 Å². The summed E-state index contributed by atoms with van der Waals surface area (Å²) in [5.74, 6) is 1.19. The number of carbonyl (C=O) groups is 1. The summed E-state index contributed by atoms with van der Waals surface area (Å²) < 4.78 is 24.6. The molecule has 1 heterocycles. The number of hydrogen-bond acceptors (Lipinski definition) is 4. The van der Waals surface area contributed by atoms with E-state index < -0.39 is 0 Å². The molecule has 0 radical (unpaired) electrons. The standard InChI is InChI=1S/C20H24FN3O3/c1-26-16-5-4-6-17(15-16)27-14-9-22-20(25)24-12-10-23(11-13-24)19-8-3-2-7-18(19)21/h2-8,15H,9-14H2,1H3,(H,22,25). The number of halogens is 1. The number of methoxy groups -OCH3 is 1. The summed E-state index contributed by atoms with van der Waals surface area (Å²) in [6, 6.07) is 13.9. The number of para-hydroxylation sites is 1. The molecule has 1 saturated heterocycles. The third kappa shape index (κ3) is 5.03. The van der Waals surface area contributed by atoms with Crippen LogP contribution in [0, 0.1) is 5.82 Å². The van der Waals surface area contributed by atoms with Crippen LogP contribution >= 0.6 is 0 Å². The topological polar surface area (TPSA) is 54.0 Å². The lowest BCUT2D eigenvalue weighted by Crippen LogP contribution is -2.52. The quantitative estimate of drug-likeness (QED) is 0.791. The average molecular weight is 373 g/mol. The lowest BCUT2D eigenvalue weighted by atomic mass is 10.2. The first-order valence-corrected chi connectivity index (χ1v) is 8.96. The first-order valence-electron chi connectivity index (χ1n) is 8.96. The van der Waals surface area contributed by atoms with Gasteiger partial charge in [0.2, 0.25) is 0 Å². The molecule has 0 aromatic heterocycles. The van der Waals surface area contributed by atoms with Crippen molar-refractivity contribution in [2.24, 2.45) is 0 Å². The van der Waals surface area contributed by atoms with Crippen molar-refractivity contribution in [2.75, 3.05) is 51.3 Å². The average Bonchev–Trinajstić information content (AvgIpc) is 2.72. The second-order valence-corrected chi connectivity index (χ2v) is 6.18. The third-order valence-electron chi connectivity index (χ3n) is 4.45. The molecule has 2 aromatic rings. The Bertz CT molecular complexity index is 764.